The van der Waals surface area contributed by atoms with E-state index in [1.807, 2.05) is 13.8 Å². The molecule has 0 fully saturated rings. The average Bonchev–Trinajstić information content (AvgIpc) is 3.33. The van der Waals surface area contributed by atoms with Crippen molar-refractivity contribution >= 4 is 82.7 Å². The van der Waals surface area contributed by atoms with Gasteiger partial charge >= 0.3 is 5.97 Å². The number of aliphatic hydroxyl groups is 1. The lowest BCUT2D eigenvalue weighted by atomic mass is 9.94. The molecule has 10 atom stereocenters. The van der Waals surface area contributed by atoms with Crippen LogP contribution >= 0.6 is 11.8 Å². The highest BCUT2D eigenvalue weighted by Gasteiger charge is 2.35. The van der Waals surface area contributed by atoms with Crippen LogP contribution in [0.2, 0.25) is 0 Å². The van der Waals surface area contributed by atoms with Gasteiger partial charge in [0.25, 0.3) is 0 Å². The average molecular weight is 1060 g/mol. The molecule has 0 saturated carbocycles. The molecule has 73 heavy (non-hydrogen) atoms. The Morgan fingerprint density at radius 3 is 1.53 bits per heavy atom. The zero-order valence-electron chi connectivity index (χ0n) is 43.2. The van der Waals surface area contributed by atoms with Crippen molar-refractivity contribution in [2.75, 3.05) is 44.8 Å². The van der Waals surface area contributed by atoms with Gasteiger partial charge in [0.2, 0.25) is 65.0 Å². The maximum absolute atomic E-state index is 13.9. The van der Waals surface area contributed by atoms with Crippen molar-refractivity contribution in [1.29, 1.82) is 0 Å². The van der Waals surface area contributed by atoms with Crippen molar-refractivity contribution in [2.45, 2.75) is 148 Å². The van der Waals surface area contributed by atoms with E-state index in [9.17, 15) is 67.7 Å². The largest absolute Gasteiger partial charge is 0.480 e. The van der Waals surface area contributed by atoms with Crippen LogP contribution in [0, 0.1) is 17.8 Å². The molecular weight excluding hydrogens is 979 g/mol. The number of nitrogens with one attached hydrogen (secondary N) is 10. The molecule has 0 aromatic rings. The minimum atomic E-state index is -1.66. The van der Waals surface area contributed by atoms with E-state index in [0.717, 1.165) is 0 Å². The molecule has 27 nitrogen and oxygen atoms in total. The molecule has 0 aromatic heterocycles. The fraction of sp³-hybridized carbons (Fsp3) is 0.733. The number of unbranched alkanes of at least 4 members (excludes halogenated alkanes) is 1. The van der Waals surface area contributed by atoms with E-state index in [-0.39, 0.29) is 31.7 Å². The third kappa shape index (κ3) is 26.4. The minimum absolute atomic E-state index is 0.0120. The predicted octanol–water partition coefficient (Wildman–Crippen LogP) is -4.95. The Balaban J connectivity index is 5.90. The number of carbonyl (C=O) groups excluding carboxylic acids is 11. The lowest BCUT2D eigenvalue weighted by molar-refractivity contribution is -0.142. The van der Waals surface area contributed by atoms with E-state index in [2.05, 4.69) is 53.2 Å². The topological polar surface area (TPSA) is 444 Å². The summed E-state index contributed by atoms with van der Waals surface area (Å²) in [6.07, 6.45) is 2.91. The van der Waals surface area contributed by atoms with E-state index in [1.165, 1.54) is 18.7 Å². The fourth-order valence-electron chi connectivity index (χ4n) is 6.73. The molecule has 0 aliphatic rings. The van der Waals surface area contributed by atoms with Crippen molar-refractivity contribution < 1.29 is 67.7 Å². The van der Waals surface area contributed by atoms with Crippen LogP contribution in [0.15, 0.2) is 0 Å². The first-order chi connectivity index (χ1) is 34.3. The highest BCUT2D eigenvalue weighted by Crippen LogP contribution is 2.13. The van der Waals surface area contributed by atoms with Gasteiger partial charge in [0.15, 0.2) is 0 Å². The van der Waals surface area contributed by atoms with Crippen molar-refractivity contribution in [2.24, 2.45) is 35.0 Å². The van der Waals surface area contributed by atoms with Crippen LogP contribution in [0.5, 0.6) is 0 Å². The van der Waals surface area contributed by atoms with Crippen LogP contribution in [0.1, 0.15) is 99.8 Å². The summed E-state index contributed by atoms with van der Waals surface area (Å²) < 4.78 is 0. The molecule has 28 heteroatoms. The number of amides is 11. The number of thioether (sulfide) groups is 1. The van der Waals surface area contributed by atoms with Crippen LogP contribution in [0.3, 0.4) is 0 Å². The Kier molecular flexibility index (Phi) is 32.9. The number of hydrogen-bond acceptors (Lipinski definition) is 16. The summed E-state index contributed by atoms with van der Waals surface area (Å²) in [6, 6.07) is -10.5. The Morgan fingerprint density at radius 1 is 0.534 bits per heavy atom. The lowest BCUT2D eigenvalue weighted by Crippen LogP contribution is -2.60. The van der Waals surface area contributed by atoms with Crippen molar-refractivity contribution in [3.63, 3.8) is 0 Å². The first-order valence-corrected chi connectivity index (χ1v) is 25.7. The second kappa shape index (κ2) is 35.9. The summed E-state index contributed by atoms with van der Waals surface area (Å²) in [6.45, 7) is 9.39. The maximum Gasteiger partial charge on any atom is 0.326 e. The number of primary amides is 1. The van der Waals surface area contributed by atoms with E-state index < -0.39 is 164 Å². The molecule has 0 saturated heterocycles. The van der Waals surface area contributed by atoms with E-state index in [4.69, 9.17) is 17.2 Å². The molecule has 0 aromatic carbocycles. The highest BCUT2D eigenvalue weighted by atomic mass is 32.2. The maximum atomic E-state index is 13.9. The first kappa shape index (κ1) is 66.9. The lowest BCUT2D eigenvalue weighted by Gasteiger charge is -2.29. The monoisotopic (exact) mass is 1060 g/mol. The molecule has 11 amide bonds. The molecule has 18 N–H and O–H groups in total. The fourth-order valence-corrected chi connectivity index (χ4v) is 7.20. The highest BCUT2D eigenvalue weighted by molar-refractivity contribution is 7.98. The Bertz CT molecular complexity index is 1880. The van der Waals surface area contributed by atoms with Gasteiger partial charge in [-0.1, -0.05) is 54.4 Å². The molecule has 0 radical (unpaired) electrons. The SMILES string of the molecule is CC[C@H](C)[C@H](NC(=O)[C@H](C)NC(=O)CNC(=O)[C@H](CCCCN)NC(=O)[C@H](CC(N)=O)NC(=O)[C@H](CO)NC(=O)CN)C(=O)N[C@H](C(=O)NCC(=O)N[C@@H](CC(C)C)C(=O)N[C@@H](CCSC)C(=O)O)[C@@H](C)CC. The van der Waals surface area contributed by atoms with E-state index in [1.54, 1.807) is 34.0 Å². The summed E-state index contributed by atoms with van der Waals surface area (Å²) in [7, 11) is 0. The molecule has 0 aliphatic carbocycles. The van der Waals surface area contributed by atoms with Gasteiger partial charge in [-0.25, -0.2) is 4.79 Å². The number of carboxylic acids is 1. The van der Waals surface area contributed by atoms with Crippen LogP contribution < -0.4 is 70.4 Å². The Hall–Kier alpha value is -6.13. The number of aliphatic carboxylic acids is 1. The summed E-state index contributed by atoms with van der Waals surface area (Å²) >= 11 is 1.41. The molecule has 0 spiro atoms. The number of hydrogen-bond donors (Lipinski definition) is 15. The van der Waals surface area contributed by atoms with Gasteiger partial charge in [-0.3, -0.25) is 52.7 Å². The molecule has 0 rings (SSSR count). The van der Waals surface area contributed by atoms with Crippen LogP contribution in [-0.2, 0) is 57.5 Å². The molecule has 0 bridgehead atoms. The molecular formula is C45H81N13O14S. The Labute approximate surface area is 430 Å². The van der Waals surface area contributed by atoms with Gasteiger partial charge in [0.05, 0.1) is 32.7 Å². The number of nitrogens with two attached hydrogens (primary N) is 3. The molecule has 0 heterocycles. The zero-order chi connectivity index (χ0) is 56.0. The van der Waals surface area contributed by atoms with Gasteiger partial charge in [-0.15, -0.1) is 0 Å². The number of carboxylic acid groups (broad SMARTS) is 1. The predicted molar refractivity (Wildman–Crippen MR) is 269 cm³/mol. The van der Waals surface area contributed by atoms with Crippen LogP contribution in [0.25, 0.3) is 0 Å². The summed E-state index contributed by atoms with van der Waals surface area (Å²) in [5.41, 5.74) is 16.1. The summed E-state index contributed by atoms with van der Waals surface area (Å²) in [4.78, 5) is 155. The summed E-state index contributed by atoms with van der Waals surface area (Å²) in [5.74, 6) is -11.2. The number of carbonyl (C=O) groups is 12. The molecule has 0 unspecified atom stereocenters. The zero-order valence-corrected chi connectivity index (χ0v) is 44.0. The van der Waals surface area contributed by atoms with Crippen molar-refractivity contribution in [3.05, 3.63) is 0 Å². The minimum Gasteiger partial charge on any atom is -0.480 e. The van der Waals surface area contributed by atoms with Crippen molar-refractivity contribution in [3.8, 4) is 0 Å². The quantitative estimate of drug-likeness (QED) is 0.0259. The second-order valence-corrected chi connectivity index (χ2v) is 19.0. The third-order valence-electron chi connectivity index (χ3n) is 11.4. The van der Waals surface area contributed by atoms with E-state index in [0.29, 0.717) is 31.4 Å². The standard InChI is InChI=1S/C45H81N13O14S/c1-9-24(5)36(43(69)50-21-35(63)52-29(17-23(3)4)40(66)55-28(45(71)72)14-16-73-8)58-44(70)37(25(6)10-2)57-38(64)26(7)51-34(62)20-49-39(65)27(13-11-12-15-46)54-41(67)30(18-32(48)60)56-42(68)31(22-59)53-33(61)19-47/h23-31,36-37,59H,9-22,46-47H2,1-8H3,(H2,48,60)(H,49,65)(H,50,69)(H,51,62)(H,52,63)(H,53,61)(H,54,67)(H,55,66)(H,56,68)(H,57,64)(H,58,70)(H,71,72)/t24-,25-,26-,27-,28-,29-,30-,31-,36-,37-/m0/s1. The normalized spacial score (nSPS) is 15.1. The smallest absolute Gasteiger partial charge is 0.326 e. The number of aliphatic hydroxyl groups excluding tert-OH is 1. The van der Waals surface area contributed by atoms with Gasteiger partial charge in [0, 0.05) is 0 Å². The van der Waals surface area contributed by atoms with E-state index >= 15 is 0 Å². The van der Waals surface area contributed by atoms with Crippen molar-refractivity contribution in [1.82, 2.24) is 53.2 Å². The summed E-state index contributed by atoms with van der Waals surface area (Å²) in [5, 5.41) is 43.5. The second-order valence-electron chi connectivity index (χ2n) is 18.0. The van der Waals surface area contributed by atoms with Gasteiger partial charge in [0.1, 0.15) is 48.3 Å². The van der Waals surface area contributed by atoms with Gasteiger partial charge in [-0.2, -0.15) is 11.8 Å². The molecule has 0 aliphatic heterocycles. The Morgan fingerprint density at radius 2 is 1.03 bits per heavy atom. The third-order valence-corrected chi connectivity index (χ3v) is 12.1. The number of rotatable bonds is 37. The van der Waals surface area contributed by atoms with Gasteiger partial charge < -0.3 is 80.6 Å². The van der Waals surface area contributed by atoms with Gasteiger partial charge in [-0.05, 0) is 75.3 Å². The van der Waals surface area contributed by atoms with Crippen LogP contribution in [-0.4, -0.2) is 174 Å². The first-order valence-electron chi connectivity index (χ1n) is 24.3. The van der Waals surface area contributed by atoms with Crippen LogP contribution in [0.4, 0.5) is 0 Å². The molecule has 416 valence electrons.